The summed E-state index contributed by atoms with van der Waals surface area (Å²) < 4.78 is 11.7. The van der Waals surface area contributed by atoms with Crippen LogP contribution in [0.15, 0.2) is 80.4 Å². The maximum absolute atomic E-state index is 13.8. The first-order valence-electron chi connectivity index (χ1n) is 12.3. The summed E-state index contributed by atoms with van der Waals surface area (Å²) in [5.74, 6) is 2.66. The first-order chi connectivity index (χ1) is 18.6. The fraction of sp³-hybridized carbons (Fsp3) is 0.172. The molecule has 0 aliphatic carbocycles. The van der Waals surface area contributed by atoms with Gasteiger partial charge in [-0.1, -0.05) is 52.7 Å². The van der Waals surface area contributed by atoms with E-state index in [1.54, 1.807) is 10.6 Å². The van der Waals surface area contributed by atoms with E-state index in [2.05, 4.69) is 32.2 Å². The molecule has 0 fully saturated rings. The van der Waals surface area contributed by atoms with Gasteiger partial charge >= 0.3 is 0 Å². The lowest BCUT2D eigenvalue weighted by Crippen LogP contribution is -2.31. The minimum absolute atomic E-state index is 0.221. The van der Waals surface area contributed by atoms with Gasteiger partial charge in [-0.2, -0.15) is 5.26 Å². The van der Waals surface area contributed by atoms with Crippen LogP contribution in [0, 0.1) is 11.3 Å². The Kier molecular flexibility index (Phi) is 6.66. The van der Waals surface area contributed by atoms with Crippen LogP contribution in [0.25, 0.3) is 28.7 Å². The van der Waals surface area contributed by atoms with Gasteiger partial charge in [-0.25, -0.2) is 0 Å². The van der Waals surface area contributed by atoms with Gasteiger partial charge in [-0.3, -0.25) is 9.36 Å². The molecule has 0 radical (unpaired) electrons. The Bertz CT molecular complexity index is 1840. The van der Waals surface area contributed by atoms with Crippen LogP contribution in [0.1, 0.15) is 36.7 Å². The van der Waals surface area contributed by atoms with Gasteiger partial charge < -0.3 is 8.98 Å². The van der Waals surface area contributed by atoms with Crippen molar-refractivity contribution in [2.75, 3.05) is 0 Å². The number of para-hydroxylation sites is 1. The molecule has 4 heterocycles. The lowest BCUT2D eigenvalue weighted by molar-refractivity contribution is 0.571. The van der Waals surface area contributed by atoms with E-state index in [4.69, 9.17) is 4.42 Å². The third-order valence-electron chi connectivity index (χ3n) is 6.53. The number of rotatable bonds is 4. The van der Waals surface area contributed by atoms with Crippen molar-refractivity contribution in [3.8, 4) is 23.1 Å². The number of nitriles is 1. The van der Waals surface area contributed by atoms with Gasteiger partial charge in [-0.05, 0) is 49.2 Å². The van der Waals surface area contributed by atoms with E-state index < -0.39 is 0 Å². The third-order valence-corrected chi connectivity index (χ3v) is 8.15. The Morgan fingerprint density at radius 2 is 1.84 bits per heavy atom. The van der Waals surface area contributed by atoms with E-state index in [1.165, 1.54) is 11.3 Å². The van der Waals surface area contributed by atoms with Crippen LogP contribution in [0.2, 0.25) is 0 Å². The van der Waals surface area contributed by atoms with Gasteiger partial charge in [0.2, 0.25) is 0 Å². The van der Waals surface area contributed by atoms with Gasteiger partial charge in [0, 0.05) is 29.1 Å². The second-order valence-corrected chi connectivity index (χ2v) is 10.9. The molecule has 1 aliphatic heterocycles. The zero-order chi connectivity index (χ0) is 26.1. The van der Waals surface area contributed by atoms with Crippen LogP contribution < -0.4 is 14.8 Å². The SMILES string of the molecule is N#C/C(c1nnc2n1CCCCC2)=c1/s/c(=C/c2ccc(-c3ccc(Br)cc3)o2)c(=O)n1-c1ccccc1. The summed E-state index contributed by atoms with van der Waals surface area (Å²) in [6.07, 6.45) is 5.74. The first-order valence-corrected chi connectivity index (χ1v) is 13.9. The van der Waals surface area contributed by atoms with Crippen molar-refractivity contribution in [1.29, 1.82) is 5.26 Å². The Morgan fingerprint density at radius 1 is 1.03 bits per heavy atom. The van der Waals surface area contributed by atoms with E-state index in [0.29, 0.717) is 37.8 Å². The maximum Gasteiger partial charge on any atom is 0.273 e. The lowest BCUT2D eigenvalue weighted by atomic mass is 10.2. The number of halogens is 1. The molecule has 0 saturated heterocycles. The van der Waals surface area contributed by atoms with Crippen molar-refractivity contribution in [2.24, 2.45) is 0 Å². The molecule has 0 saturated carbocycles. The summed E-state index contributed by atoms with van der Waals surface area (Å²) in [4.78, 5) is 13.8. The predicted molar refractivity (Wildman–Crippen MR) is 150 cm³/mol. The van der Waals surface area contributed by atoms with Gasteiger partial charge in [0.25, 0.3) is 5.56 Å². The zero-order valence-corrected chi connectivity index (χ0v) is 22.7. The predicted octanol–water partition coefficient (Wildman–Crippen LogP) is 4.79. The molecule has 1 aliphatic rings. The van der Waals surface area contributed by atoms with Crippen molar-refractivity contribution in [2.45, 2.75) is 32.2 Å². The molecule has 5 aromatic rings. The number of aryl methyl sites for hydroxylation is 1. The van der Waals surface area contributed by atoms with Crippen molar-refractivity contribution in [3.05, 3.63) is 108 Å². The highest BCUT2D eigenvalue weighted by atomic mass is 79.9. The van der Waals surface area contributed by atoms with E-state index in [9.17, 15) is 10.1 Å². The number of nitrogens with zero attached hydrogens (tertiary/aromatic N) is 5. The summed E-state index contributed by atoms with van der Waals surface area (Å²) in [5.41, 5.74) is 1.74. The molecular weight excluding hydrogens is 562 g/mol. The highest BCUT2D eigenvalue weighted by Crippen LogP contribution is 2.24. The highest BCUT2D eigenvalue weighted by molar-refractivity contribution is 9.10. The van der Waals surface area contributed by atoms with Crippen LogP contribution in [-0.4, -0.2) is 19.3 Å². The number of fused-ring (bicyclic) bond motifs is 1. The van der Waals surface area contributed by atoms with Gasteiger partial charge in [-0.15, -0.1) is 21.5 Å². The molecule has 2 aromatic carbocycles. The molecule has 0 N–H and O–H groups in total. The second-order valence-electron chi connectivity index (χ2n) is 8.99. The van der Waals surface area contributed by atoms with Crippen molar-refractivity contribution in [1.82, 2.24) is 19.3 Å². The van der Waals surface area contributed by atoms with Crippen molar-refractivity contribution >= 4 is 38.9 Å². The summed E-state index contributed by atoms with van der Waals surface area (Å²) in [6, 6.07) is 23.3. The number of furan rings is 1. The van der Waals surface area contributed by atoms with E-state index in [-0.39, 0.29) is 5.56 Å². The molecule has 9 heteroatoms. The van der Waals surface area contributed by atoms with E-state index >= 15 is 0 Å². The molecule has 0 spiro atoms. The molecule has 3 aromatic heterocycles. The minimum atomic E-state index is -0.221. The quantitative estimate of drug-likeness (QED) is 0.303. The zero-order valence-electron chi connectivity index (χ0n) is 20.3. The minimum Gasteiger partial charge on any atom is -0.457 e. The Morgan fingerprint density at radius 3 is 2.63 bits per heavy atom. The standard InChI is InChI=1S/C29H22BrN5O2S/c30-20-12-10-19(11-13-20)24-15-14-22(37-24)17-25-28(36)35(21-7-3-1-4-8-21)29(38-25)23(18-31)27-33-32-26-9-5-2-6-16-34(26)27/h1,3-4,7-8,10-15,17H,2,5-6,9,16H2/b25-17+,29-23-. The number of hydrogen-bond donors (Lipinski definition) is 0. The number of hydrogen-bond acceptors (Lipinski definition) is 6. The summed E-state index contributed by atoms with van der Waals surface area (Å²) in [6.45, 7) is 0.758. The molecule has 7 nitrogen and oxygen atoms in total. The van der Waals surface area contributed by atoms with Crippen LogP contribution >= 0.6 is 27.3 Å². The van der Waals surface area contributed by atoms with Gasteiger partial charge in [0.15, 0.2) is 5.82 Å². The van der Waals surface area contributed by atoms with E-state index in [0.717, 1.165) is 48.1 Å². The number of aromatic nitrogens is 4. The molecule has 0 amide bonds. The topological polar surface area (TPSA) is 89.6 Å². The molecule has 0 unspecified atom stereocenters. The summed E-state index contributed by atoms with van der Waals surface area (Å²) >= 11 is 4.71. The van der Waals surface area contributed by atoms with Crippen molar-refractivity contribution in [3.63, 3.8) is 0 Å². The van der Waals surface area contributed by atoms with Crippen LogP contribution in [-0.2, 0) is 13.0 Å². The van der Waals surface area contributed by atoms with E-state index in [1.807, 2.05) is 71.3 Å². The normalized spacial score (nSPS) is 14.6. The first kappa shape index (κ1) is 24.3. The number of benzene rings is 2. The molecule has 0 atom stereocenters. The van der Waals surface area contributed by atoms with Crippen LogP contribution in [0.3, 0.4) is 0 Å². The van der Waals surface area contributed by atoms with Gasteiger partial charge in [0.1, 0.15) is 33.7 Å². The smallest absolute Gasteiger partial charge is 0.273 e. The molecule has 0 bridgehead atoms. The highest BCUT2D eigenvalue weighted by Gasteiger charge is 2.21. The molecule has 6 rings (SSSR count). The van der Waals surface area contributed by atoms with Crippen LogP contribution in [0.4, 0.5) is 0 Å². The fourth-order valence-electron chi connectivity index (χ4n) is 4.65. The molecular formula is C29H22BrN5O2S. The lowest BCUT2D eigenvalue weighted by Gasteiger charge is -2.07. The molecule has 188 valence electrons. The average molecular weight is 584 g/mol. The third kappa shape index (κ3) is 4.57. The Hall–Kier alpha value is -4.00. The van der Waals surface area contributed by atoms with Crippen LogP contribution in [0.5, 0.6) is 0 Å². The summed E-state index contributed by atoms with van der Waals surface area (Å²) in [5, 5.41) is 19.1. The molecule has 38 heavy (non-hydrogen) atoms. The monoisotopic (exact) mass is 583 g/mol. The average Bonchev–Trinajstić information content (AvgIpc) is 3.60. The summed E-state index contributed by atoms with van der Waals surface area (Å²) in [7, 11) is 0. The Balaban J connectivity index is 1.56. The van der Waals surface area contributed by atoms with Gasteiger partial charge in [0.05, 0.1) is 10.2 Å². The second kappa shape index (κ2) is 10.4. The maximum atomic E-state index is 13.8. The largest absolute Gasteiger partial charge is 0.457 e. The fourth-order valence-corrected chi connectivity index (χ4v) is 6.00. The van der Waals surface area contributed by atoms with Crippen molar-refractivity contribution < 1.29 is 4.42 Å². The Labute approximate surface area is 230 Å². The number of thiazole rings is 1.